The highest BCUT2D eigenvalue weighted by atomic mass is 32.1. The maximum Gasteiger partial charge on any atom is 0.225 e. The predicted molar refractivity (Wildman–Crippen MR) is 100 cm³/mol. The number of aromatic nitrogens is 1. The summed E-state index contributed by atoms with van der Waals surface area (Å²) >= 11 is 1.41. The zero-order valence-electron chi connectivity index (χ0n) is 14.3. The summed E-state index contributed by atoms with van der Waals surface area (Å²) in [6.45, 7) is 3.33. The Bertz CT molecular complexity index is 678. The fourth-order valence-corrected chi connectivity index (χ4v) is 3.92. The Morgan fingerprint density at radius 3 is 2.60 bits per heavy atom. The average Bonchev–Trinajstić information content (AvgIpc) is 2.90. The predicted octanol–water partition coefficient (Wildman–Crippen LogP) is 4.54. The second-order valence-electron chi connectivity index (χ2n) is 6.44. The van der Waals surface area contributed by atoms with Crippen molar-refractivity contribution in [3.05, 3.63) is 36.3 Å². The van der Waals surface area contributed by atoms with E-state index in [1.165, 1.54) is 49.2 Å². The molecule has 0 radical (unpaired) electrons. The molecule has 1 aliphatic heterocycles. The van der Waals surface area contributed by atoms with Crippen molar-refractivity contribution in [2.75, 3.05) is 25.0 Å². The highest BCUT2D eigenvalue weighted by molar-refractivity contribution is 7.19. The Hall–Kier alpha value is -1.79. The summed E-state index contributed by atoms with van der Waals surface area (Å²) in [5, 5.41) is 4.43. The van der Waals surface area contributed by atoms with Gasteiger partial charge in [-0.25, -0.2) is 9.37 Å². The number of likely N-dealkylation sites (tertiary alicyclic amines) is 1. The van der Waals surface area contributed by atoms with Crippen LogP contribution < -0.4 is 5.32 Å². The van der Waals surface area contributed by atoms with Crippen LogP contribution in [0.5, 0.6) is 0 Å². The molecule has 0 spiro atoms. The molecule has 2 heterocycles. The second kappa shape index (κ2) is 9.06. The lowest BCUT2D eigenvalue weighted by Gasteiger charge is -2.19. The lowest BCUT2D eigenvalue weighted by atomic mass is 10.2. The van der Waals surface area contributed by atoms with Gasteiger partial charge in [0.2, 0.25) is 5.91 Å². The lowest BCUT2D eigenvalue weighted by Crippen LogP contribution is -2.26. The molecule has 2 aromatic rings. The van der Waals surface area contributed by atoms with Crippen LogP contribution in [0, 0.1) is 5.82 Å². The number of halogens is 1. The van der Waals surface area contributed by atoms with E-state index in [9.17, 15) is 9.18 Å². The Kier molecular flexibility index (Phi) is 6.53. The largest absolute Gasteiger partial charge is 0.316 e. The molecule has 134 valence electrons. The summed E-state index contributed by atoms with van der Waals surface area (Å²) in [4.78, 5) is 18.9. The number of rotatable bonds is 6. The van der Waals surface area contributed by atoms with Gasteiger partial charge in [-0.1, -0.05) is 24.2 Å². The zero-order valence-corrected chi connectivity index (χ0v) is 15.2. The van der Waals surface area contributed by atoms with Gasteiger partial charge in [-0.2, -0.15) is 0 Å². The third-order valence-corrected chi connectivity index (χ3v) is 5.40. The van der Waals surface area contributed by atoms with E-state index in [4.69, 9.17) is 0 Å². The Morgan fingerprint density at radius 2 is 1.88 bits per heavy atom. The van der Waals surface area contributed by atoms with Gasteiger partial charge in [-0.05, 0) is 63.2 Å². The van der Waals surface area contributed by atoms with Crippen LogP contribution in [0.25, 0.3) is 10.6 Å². The fraction of sp³-hybridized carbons (Fsp3) is 0.474. The minimum Gasteiger partial charge on any atom is -0.316 e. The van der Waals surface area contributed by atoms with E-state index < -0.39 is 0 Å². The number of carbonyl (C=O) groups is 1. The normalized spacial score (nSPS) is 15.7. The molecule has 4 nitrogen and oxygen atoms in total. The molecule has 0 unspecified atom stereocenters. The molecule has 0 bridgehead atoms. The molecule has 1 N–H and O–H groups in total. The molecule has 1 saturated heterocycles. The summed E-state index contributed by atoms with van der Waals surface area (Å²) in [5.41, 5.74) is 0.855. The monoisotopic (exact) mass is 361 g/mol. The van der Waals surface area contributed by atoms with Crippen LogP contribution in [-0.2, 0) is 4.79 Å². The highest BCUT2D eigenvalue weighted by Gasteiger charge is 2.11. The molecule has 25 heavy (non-hydrogen) atoms. The topological polar surface area (TPSA) is 45.2 Å². The van der Waals surface area contributed by atoms with Gasteiger partial charge >= 0.3 is 0 Å². The van der Waals surface area contributed by atoms with E-state index in [0.717, 1.165) is 41.6 Å². The molecule has 6 heteroatoms. The summed E-state index contributed by atoms with van der Waals surface area (Å²) < 4.78 is 13.0. The van der Waals surface area contributed by atoms with Crippen molar-refractivity contribution in [3.63, 3.8) is 0 Å². The average molecular weight is 361 g/mol. The molecule has 1 fully saturated rings. The summed E-state index contributed by atoms with van der Waals surface area (Å²) in [6.07, 6.45) is 8.29. The number of hydrogen-bond donors (Lipinski definition) is 1. The van der Waals surface area contributed by atoms with Crippen molar-refractivity contribution in [1.29, 1.82) is 0 Å². The van der Waals surface area contributed by atoms with Crippen molar-refractivity contribution in [3.8, 4) is 10.6 Å². The molecule has 0 saturated carbocycles. The van der Waals surface area contributed by atoms with Gasteiger partial charge in [0.25, 0.3) is 0 Å². The van der Waals surface area contributed by atoms with Crippen LogP contribution in [0.2, 0.25) is 0 Å². The van der Waals surface area contributed by atoms with E-state index in [-0.39, 0.29) is 11.7 Å². The number of carbonyl (C=O) groups excluding carboxylic acids is 1. The first-order valence-corrected chi connectivity index (χ1v) is 9.76. The van der Waals surface area contributed by atoms with Gasteiger partial charge in [-0.15, -0.1) is 0 Å². The summed E-state index contributed by atoms with van der Waals surface area (Å²) in [5.74, 6) is -0.234. The van der Waals surface area contributed by atoms with Gasteiger partial charge in [0.15, 0.2) is 0 Å². The molecule has 1 amide bonds. The second-order valence-corrected chi connectivity index (χ2v) is 7.47. The third kappa shape index (κ3) is 5.61. The van der Waals surface area contributed by atoms with Crippen molar-refractivity contribution in [2.24, 2.45) is 0 Å². The van der Waals surface area contributed by atoms with Crippen molar-refractivity contribution in [2.45, 2.75) is 38.5 Å². The van der Waals surface area contributed by atoms with E-state index in [1.807, 2.05) is 0 Å². The first-order valence-electron chi connectivity index (χ1n) is 8.95. The first kappa shape index (κ1) is 18.0. The molecular weight excluding hydrogens is 337 g/mol. The number of benzene rings is 1. The zero-order chi connectivity index (χ0) is 17.5. The van der Waals surface area contributed by atoms with Gasteiger partial charge < -0.3 is 10.2 Å². The Morgan fingerprint density at radius 1 is 1.16 bits per heavy atom. The highest BCUT2D eigenvalue weighted by Crippen LogP contribution is 2.28. The maximum absolute atomic E-state index is 13.0. The van der Waals surface area contributed by atoms with Crippen LogP contribution >= 0.6 is 11.3 Å². The van der Waals surface area contributed by atoms with Gasteiger partial charge in [0.05, 0.1) is 6.20 Å². The summed E-state index contributed by atoms with van der Waals surface area (Å²) in [6, 6.07) is 6.22. The smallest absolute Gasteiger partial charge is 0.225 e. The molecule has 1 aromatic heterocycles. The van der Waals surface area contributed by atoms with Gasteiger partial charge in [0.1, 0.15) is 15.8 Å². The number of hydrogen-bond acceptors (Lipinski definition) is 4. The standard InChI is InChI=1S/C19H24FN3OS/c20-16-9-7-15(8-10-16)19-21-14-18(25-19)22-17(24)6-5-13-23-11-3-1-2-4-12-23/h7-10,14H,1-6,11-13H2,(H,22,24). The van der Waals surface area contributed by atoms with E-state index in [0.29, 0.717) is 6.42 Å². The van der Waals surface area contributed by atoms with Crippen molar-refractivity contribution >= 4 is 22.2 Å². The van der Waals surface area contributed by atoms with Crippen LogP contribution in [0.1, 0.15) is 38.5 Å². The van der Waals surface area contributed by atoms with Crippen LogP contribution in [-0.4, -0.2) is 35.4 Å². The van der Waals surface area contributed by atoms with Crippen molar-refractivity contribution < 1.29 is 9.18 Å². The fourth-order valence-electron chi connectivity index (χ4n) is 3.08. The van der Waals surface area contributed by atoms with Crippen LogP contribution in [0.15, 0.2) is 30.5 Å². The Balaban J connectivity index is 1.44. The Labute approximate surface area is 152 Å². The number of thiazole rings is 1. The molecule has 1 aliphatic rings. The lowest BCUT2D eigenvalue weighted by molar-refractivity contribution is -0.116. The number of amides is 1. The first-order chi connectivity index (χ1) is 12.2. The maximum atomic E-state index is 13.0. The van der Waals surface area contributed by atoms with E-state index in [2.05, 4.69) is 15.2 Å². The molecule has 0 aliphatic carbocycles. The number of nitrogens with zero attached hydrogens (tertiary/aromatic N) is 2. The van der Waals surface area contributed by atoms with E-state index in [1.54, 1.807) is 18.3 Å². The number of nitrogens with one attached hydrogen (secondary N) is 1. The molecule has 0 atom stereocenters. The molecule has 3 rings (SSSR count). The number of anilines is 1. The SMILES string of the molecule is O=C(CCCN1CCCCCC1)Nc1cnc(-c2ccc(F)cc2)s1. The summed E-state index contributed by atoms with van der Waals surface area (Å²) in [7, 11) is 0. The van der Waals surface area contributed by atoms with E-state index >= 15 is 0 Å². The van der Waals surface area contributed by atoms with Crippen LogP contribution in [0.3, 0.4) is 0 Å². The van der Waals surface area contributed by atoms with Crippen LogP contribution in [0.4, 0.5) is 9.39 Å². The van der Waals surface area contributed by atoms with Gasteiger partial charge in [-0.3, -0.25) is 4.79 Å². The molecule has 1 aromatic carbocycles. The third-order valence-electron chi connectivity index (χ3n) is 4.44. The van der Waals surface area contributed by atoms with Crippen molar-refractivity contribution in [1.82, 2.24) is 9.88 Å². The quantitative estimate of drug-likeness (QED) is 0.821. The van der Waals surface area contributed by atoms with Gasteiger partial charge in [0, 0.05) is 12.0 Å². The minimum absolute atomic E-state index is 0.0316. The minimum atomic E-state index is -0.266. The molecular formula is C19H24FN3OS.